The number of hydrogen-bond donors (Lipinski definition) is 2. The molecule has 7 nitrogen and oxygen atoms in total. The number of likely N-dealkylation sites (tertiary alicyclic amines) is 1. The molecule has 4 heterocycles. The first kappa shape index (κ1) is 16.9. The molecule has 3 aliphatic rings. The van der Waals surface area contributed by atoms with E-state index in [1.165, 1.54) is 0 Å². The van der Waals surface area contributed by atoms with Gasteiger partial charge in [0, 0.05) is 24.9 Å². The molecule has 8 heteroatoms. The van der Waals surface area contributed by atoms with Crippen molar-refractivity contribution >= 4 is 23.6 Å². The van der Waals surface area contributed by atoms with Gasteiger partial charge < -0.3 is 19.9 Å². The lowest BCUT2D eigenvalue weighted by molar-refractivity contribution is -0.128. The highest BCUT2D eigenvalue weighted by Gasteiger charge is 2.63. The van der Waals surface area contributed by atoms with Gasteiger partial charge in [-0.05, 0) is 26.0 Å². The second-order valence-electron chi connectivity index (χ2n) is 7.33. The number of ether oxygens (including phenoxy) is 1. The maximum atomic E-state index is 12.3. The van der Waals surface area contributed by atoms with E-state index in [0.29, 0.717) is 30.5 Å². The minimum atomic E-state index is -0.182. The third kappa shape index (κ3) is 2.85. The Bertz CT molecular complexity index is 693. The van der Waals surface area contributed by atoms with Crippen LogP contribution in [0.3, 0.4) is 0 Å². The molecule has 2 amide bonds. The van der Waals surface area contributed by atoms with E-state index in [1.807, 2.05) is 18.1 Å². The average molecular weight is 364 g/mol. The summed E-state index contributed by atoms with van der Waals surface area (Å²) < 4.78 is 6.32. The second kappa shape index (κ2) is 6.32. The van der Waals surface area contributed by atoms with Gasteiger partial charge in [0.15, 0.2) is 0 Å². The number of nitrogens with one attached hydrogen (secondary N) is 2. The maximum absolute atomic E-state index is 12.3. The van der Waals surface area contributed by atoms with Crippen LogP contribution in [0.4, 0.5) is 0 Å². The van der Waals surface area contributed by atoms with E-state index in [-0.39, 0.29) is 29.4 Å². The van der Waals surface area contributed by atoms with Gasteiger partial charge in [0.25, 0.3) is 5.91 Å². The number of amides is 2. The number of aromatic nitrogens is 2. The summed E-state index contributed by atoms with van der Waals surface area (Å²) in [7, 11) is 0. The molecule has 0 saturated carbocycles. The van der Waals surface area contributed by atoms with Crippen molar-refractivity contribution < 1.29 is 14.3 Å². The zero-order valence-corrected chi connectivity index (χ0v) is 15.4. The molecule has 4 atom stereocenters. The van der Waals surface area contributed by atoms with Gasteiger partial charge in [-0.1, -0.05) is 0 Å². The number of carbonyl (C=O) groups is 2. The Hall–Kier alpha value is -1.54. The zero-order chi connectivity index (χ0) is 17.6. The van der Waals surface area contributed by atoms with Crippen LogP contribution in [-0.2, 0) is 9.53 Å². The molecule has 3 saturated heterocycles. The molecule has 0 radical (unpaired) electrons. The molecule has 1 aromatic rings. The predicted molar refractivity (Wildman–Crippen MR) is 94.4 cm³/mol. The summed E-state index contributed by atoms with van der Waals surface area (Å²) in [6.07, 6.45) is 5.75. The van der Waals surface area contributed by atoms with Crippen molar-refractivity contribution in [1.29, 1.82) is 0 Å². The molecule has 1 aromatic heterocycles. The van der Waals surface area contributed by atoms with Gasteiger partial charge in [-0.25, -0.2) is 4.98 Å². The van der Waals surface area contributed by atoms with Crippen molar-refractivity contribution in [3.05, 3.63) is 17.7 Å². The molecule has 2 bridgehead atoms. The third-order valence-corrected chi connectivity index (χ3v) is 6.39. The van der Waals surface area contributed by atoms with Gasteiger partial charge in [-0.3, -0.25) is 9.59 Å². The van der Waals surface area contributed by atoms with E-state index < -0.39 is 0 Å². The highest BCUT2D eigenvalue weighted by Crippen LogP contribution is 2.54. The van der Waals surface area contributed by atoms with Crippen LogP contribution in [0.5, 0.6) is 0 Å². The minimum absolute atomic E-state index is 0.134. The Morgan fingerprint density at radius 3 is 3.12 bits per heavy atom. The van der Waals surface area contributed by atoms with Gasteiger partial charge in [0.2, 0.25) is 5.91 Å². The van der Waals surface area contributed by atoms with Crippen LogP contribution in [0, 0.1) is 18.8 Å². The number of thioether (sulfide) groups is 1. The van der Waals surface area contributed by atoms with E-state index in [1.54, 1.807) is 18.0 Å². The Balaban J connectivity index is 1.41. The number of imidazole rings is 1. The molecule has 0 unspecified atom stereocenters. The van der Waals surface area contributed by atoms with E-state index >= 15 is 0 Å². The fourth-order valence-corrected chi connectivity index (χ4v) is 5.14. The van der Waals surface area contributed by atoms with Crippen molar-refractivity contribution in [3.8, 4) is 0 Å². The minimum Gasteiger partial charge on any atom is -0.369 e. The fraction of sp³-hybridized carbons (Fsp3) is 0.706. The van der Waals surface area contributed by atoms with Crippen LogP contribution in [0.1, 0.15) is 29.2 Å². The quantitative estimate of drug-likeness (QED) is 0.808. The Morgan fingerprint density at radius 1 is 1.56 bits per heavy atom. The SMILES string of the molecule is CSCC(=O)N1C[C@@H]2[C@H](CNC(=O)c3cnc(C)[nH]3)[C@H]3CC[C@]2(C1)O3. The first-order chi connectivity index (χ1) is 12.0. The molecule has 3 fully saturated rings. The summed E-state index contributed by atoms with van der Waals surface area (Å²) in [5.41, 5.74) is 0.304. The third-order valence-electron chi connectivity index (χ3n) is 5.85. The van der Waals surface area contributed by atoms with Crippen molar-refractivity contribution in [2.75, 3.05) is 31.6 Å². The predicted octanol–water partition coefficient (Wildman–Crippen LogP) is 0.817. The number of aryl methyl sites for hydroxylation is 1. The van der Waals surface area contributed by atoms with Crippen molar-refractivity contribution in [1.82, 2.24) is 20.2 Å². The summed E-state index contributed by atoms with van der Waals surface area (Å²) in [6, 6.07) is 0. The highest BCUT2D eigenvalue weighted by molar-refractivity contribution is 7.99. The standard InChI is InChI=1S/C17H24N4O3S/c1-10-18-6-13(20-10)16(23)19-5-11-12-7-21(15(22)8-25-2)9-17(12)4-3-14(11)24-17/h6,11-12,14H,3-5,7-9H2,1-2H3,(H,18,20)(H,19,23)/t11-,12+,14+,17+/m0/s1. The number of rotatable bonds is 5. The van der Waals surface area contributed by atoms with Crippen LogP contribution in [0.2, 0.25) is 0 Å². The molecule has 136 valence electrons. The van der Waals surface area contributed by atoms with Gasteiger partial charge in [0.1, 0.15) is 11.5 Å². The molecular formula is C17H24N4O3S. The number of aromatic amines is 1. The lowest BCUT2D eigenvalue weighted by Crippen LogP contribution is -2.42. The number of fused-ring (bicyclic) bond motifs is 1. The second-order valence-corrected chi connectivity index (χ2v) is 8.20. The topological polar surface area (TPSA) is 87.3 Å². The molecule has 0 aliphatic carbocycles. The molecule has 25 heavy (non-hydrogen) atoms. The van der Waals surface area contributed by atoms with Crippen LogP contribution in [-0.4, -0.2) is 70.0 Å². The Morgan fingerprint density at radius 2 is 2.40 bits per heavy atom. The Kier molecular flexibility index (Phi) is 4.27. The molecule has 4 rings (SSSR count). The van der Waals surface area contributed by atoms with Gasteiger partial charge in [-0.2, -0.15) is 11.8 Å². The van der Waals surface area contributed by atoms with Crippen molar-refractivity contribution in [2.24, 2.45) is 11.8 Å². The average Bonchev–Trinajstić information content (AvgIpc) is 3.32. The van der Waals surface area contributed by atoms with Crippen LogP contribution < -0.4 is 5.32 Å². The lowest BCUT2D eigenvalue weighted by Gasteiger charge is -2.29. The van der Waals surface area contributed by atoms with E-state index in [9.17, 15) is 9.59 Å². The summed E-state index contributed by atoms with van der Waals surface area (Å²) in [6.45, 7) is 3.86. The molecule has 2 N–H and O–H groups in total. The van der Waals surface area contributed by atoms with Crippen LogP contribution >= 0.6 is 11.8 Å². The molecule has 1 spiro atoms. The monoisotopic (exact) mass is 364 g/mol. The van der Waals surface area contributed by atoms with Crippen LogP contribution in [0.15, 0.2) is 6.20 Å². The molecule has 3 aliphatic heterocycles. The fourth-order valence-electron chi connectivity index (χ4n) is 4.71. The van der Waals surface area contributed by atoms with Gasteiger partial charge in [-0.15, -0.1) is 0 Å². The summed E-state index contributed by atoms with van der Waals surface area (Å²) in [4.78, 5) is 33.5. The highest BCUT2D eigenvalue weighted by atomic mass is 32.2. The summed E-state index contributed by atoms with van der Waals surface area (Å²) in [5, 5.41) is 3.02. The van der Waals surface area contributed by atoms with Crippen molar-refractivity contribution in [2.45, 2.75) is 31.5 Å². The van der Waals surface area contributed by atoms with E-state index in [2.05, 4.69) is 15.3 Å². The summed E-state index contributed by atoms with van der Waals surface area (Å²) in [5.74, 6) is 1.90. The van der Waals surface area contributed by atoms with Gasteiger partial charge in [0.05, 0.1) is 30.2 Å². The number of H-pyrrole nitrogens is 1. The van der Waals surface area contributed by atoms with Crippen molar-refractivity contribution in [3.63, 3.8) is 0 Å². The van der Waals surface area contributed by atoms with E-state index in [0.717, 1.165) is 25.2 Å². The zero-order valence-electron chi connectivity index (χ0n) is 14.6. The number of hydrogen-bond acceptors (Lipinski definition) is 5. The smallest absolute Gasteiger partial charge is 0.269 e. The van der Waals surface area contributed by atoms with Crippen LogP contribution in [0.25, 0.3) is 0 Å². The Labute approximate surface area is 151 Å². The summed E-state index contributed by atoms with van der Waals surface area (Å²) >= 11 is 1.56. The first-order valence-electron chi connectivity index (χ1n) is 8.77. The van der Waals surface area contributed by atoms with Gasteiger partial charge >= 0.3 is 0 Å². The number of carbonyl (C=O) groups excluding carboxylic acids is 2. The molecule has 0 aromatic carbocycles. The number of nitrogens with zero attached hydrogens (tertiary/aromatic N) is 2. The van der Waals surface area contributed by atoms with E-state index in [4.69, 9.17) is 4.74 Å². The normalized spacial score (nSPS) is 32.9. The lowest BCUT2D eigenvalue weighted by atomic mass is 9.73. The maximum Gasteiger partial charge on any atom is 0.269 e. The largest absolute Gasteiger partial charge is 0.369 e. The molecular weight excluding hydrogens is 340 g/mol. The first-order valence-corrected chi connectivity index (χ1v) is 10.2.